The summed E-state index contributed by atoms with van der Waals surface area (Å²) >= 11 is 0. The van der Waals surface area contributed by atoms with Gasteiger partial charge in [-0.1, -0.05) is 56.2 Å². The highest BCUT2D eigenvalue weighted by Gasteiger charge is 2.34. The van der Waals surface area contributed by atoms with Crippen molar-refractivity contribution in [2.45, 2.75) is 63.8 Å². The number of hydrogen-bond acceptors (Lipinski definition) is 2. The highest BCUT2D eigenvalue weighted by molar-refractivity contribution is 6.20. The number of nitrogens with one attached hydrogen (secondary N) is 1. The Kier molecular flexibility index (Phi) is 7.70. The molecule has 0 saturated carbocycles. The normalized spacial score (nSPS) is 20.9. The van der Waals surface area contributed by atoms with E-state index in [2.05, 4.69) is 59.3 Å². The van der Waals surface area contributed by atoms with E-state index in [9.17, 15) is 4.79 Å². The molecule has 1 aromatic heterocycles. The van der Waals surface area contributed by atoms with Crippen LogP contribution >= 0.6 is 0 Å². The Morgan fingerprint density at radius 3 is 2.76 bits per heavy atom. The lowest BCUT2D eigenvalue weighted by atomic mass is 9.83. The Balaban J connectivity index is 0.00000117. The third kappa shape index (κ3) is 4.81. The van der Waals surface area contributed by atoms with Gasteiger partial charge in [-0.05, 0) is 49.7 Å². The maximum atomic E-state index is 13.5. The second kappa shape index (κ2) is 10.4. The van der Waals surface area contributed by atoms with Crippen LogP contribution in [0.2, 0.25) is 0 Å². The van der Waals surface area contributed by atoms with Crippen LogP contribution in [0.3, 0.4) is 0 Å². The summed E-state index contributed by atoms with van der Waals surface area (Å²) in [5, 5.41) is 7.00. The van der Waals surface area contributed by atoms with Gasteiger partial charge in [0.25, 0.3) is 5.91 Å². The zero-order valence-corrected chi connectivity index (χ0v) is 17.7. The Hall–Kier alpha value is -2.33. The van der Waals surface area contributed by atoms with Crippen molar-refractivity contribution in [3.05, 3.63) is 65.5 Å². The average Bonchev–Trinajstić information content (AvgIpc) is 3.28. The molecule has 0 spiro atoms. The number of aryl methyl sites for hydroxylation is 1. The number of carbonyl (C=O) groups is 1. The molecular weight excluding hydrogens is 360 g/mol. The number of nitrogens with zero attached hydrogens (tertiary/aromatic N) is 1. The van der Waals surface area contributed by atoms with E-state index in [1.165, 1.54) is 24.1 Å². The Labute approximate surface area is 174 Å². The SMILES string of the molecule is CCCCC1CC(c2ccccc2)CCN1C(=O)C1=CCCc2[nH]ccc21.CO. The largest absolute Gasteiger partial charge is 0.400 e. The molecule has 1 aliphatic heterocycles. The Morgan fingerprint density at radius 2 is 2.00 bits per heavy atom. The van der Waals surface area contributed by atoms with E-state index in [-0.39, 0.29) is 5.91 Å². The average molecular weight is 395 g/mol. The highest BCUT2D eigenvalue weighted by atomic mass is 16.2. The van der Waals surface area contributed by atoms with Crippen molar-refractivity contribution in [2.75, 3.05) is 13.7 Å². The van der Waals surface area contributed by atoms with Gasteiger partial charge in [0, 0.05) is 42.7 Å². The maximum Gasteiger partial charge on any atom is 0.254 e. The van der Waals surface area contributed by atoms with E-state index in [1.807, 2.05) is 6.20 Å². The maximum absolute atomic E-state index is 13.5. The quantitative estimate of drug-likeness (QED) is 0.756. The summed E-state index contributed by atoms with van der Waals surface area (Å²) in [5.74, 6) is 0.809. The summed E-state index contributed by atoms with van der Waals surface area (Å²) < 4.78 is 0. The van der Waals surface area contributed by atoms with Crippen LogP contribution < -0.4 is 0 Å². The molecule has 1 fully saturated rings. The van der Waals surface area contributed by atoms with Gasteiger partial charge in [0.1, 0.15) is 0 Å². The minimum atomic E-state index is 0.239. The fourth-order valence-electron chi connectivity index (χ4n) is 4.75. The topological polar surface area (TPSA) is 56.3 Å². The van der Waals surface area contributed by atoms with Crippen molar-refractivity contribution in [2.24, 2.45) is 0 Å². The first-order valence-electron chi connectivity index (χ1n) is 10.9. The summed E-state index contributed by atoms with van der Waals surface area (Å²) in [7, 11) is 1.00. The van der Waals surface area contributed by atoms with Crippen LogP contribution in [-0.4, -0.2) is 40.6 Å². The number of unbranched alkanes of at least 4 members (excludes halogenated alkanes) is 1. The molecule has 0 bridgehead atoms. The molecule has 2 aliphatic rings. The number of carbonyl (C=O) groups excluding carboxylic acids is 1. The summed E-state index contributed by atoms with van der Waals surface area (Å²) in [5.41, 5.74) is 4.67. The van der Waals surface area contributed by atoms with Gasteiger partial charge in [-0.25, -0.2) is 0 Å². The number of benzene rings is 1. The van der Waals surface area contributed by atoms with Crippen molar-refractivity contribution >= 4 is 11.5 Å². The predicted octanol–water partition coefficient (Wildman–Crippen LogP) is 4.92. The van der Waals surface area contributed by atoms with Gasteiger partial charge < -0.3 is 15.0 Å². The molecule has 4 nitrogen and oxygen atoms in total. The van der Waals surface area contributed by atoms with Crippen LogP contribution in [0, 0.1) is 0 Å². The summed E-state index contributed by atoms with van der Waals surface area (Å²) in [4.78, 5) is 19.0. The molecule has 2 heterocycles. The highest BCUT2D eigenvalue weighted by Crippen LogP contribution is 2.36. The molecule has 2 aromatic rings. The smallest absolute Gasteiger partial charge is 0.254 e. The molecule has 1 amide bonds. The lowest BCUT2D eigenvalue weighted by molar-refractivity contribution is -0.129. The number of aliphatic hydroxyl groups excluding tert-OH is 1. The first kappa shape index (κ1) is 21.4. The minimum Gasteiger partial charge on any atom is -0.400 e. The van der Waals surface area contributed by atoms with Crippen molar-refractivity contribution in [1.82, 2.24) is 9.88 Å². The van der Waals surface area contributed by atoms with Gasteiger partial charge in [-0.3, -0.25) is 4.79 Å². The third-order valence-corrected chi connectivity index (χ3v) is 6.23. The van der Waals surface area contributed by atoms with Crippen molar-refractivity contribution in [3.63, 3.8) is 0 Å². The molecule has 1 aliphatic carbocycles. The van der Waals surface area contributed by atoms with Crippen LogP contribution in [0.15, 0.2) is 48.7 Å². The number of hydrogen-bond donors (Lipinski definition) is 2. The number of rotatable bonds is 5. The second-order valence-electron chi connectivity index (χ2n) is 7.95. The summed E-state index contributed by atoms with van der Waals surface area (Å²) in [6.45, 7) is 3.10. The van der Waals surface area contributed by atoms with E-state index in [4.69, 9.17) is 5.11 Å². The summed E-state index contributed by atoms with van der Waals surface area (Å²) in [6.07, 6.45) is 11.7. The molecule has 1 saturated heterocycles. The number of fused-ring (bicyclic) bond motifs is 1. The fourth-order valence-corrected chi connectivity index (χ4v) is 4.75. The number of amides is 1. The minimum absolute atomic E-state index is 0.239. The molecule has 156 valence electrons. The molecule has 4 heteroatoms. The number of piperidine rings is 1. The number of aromatic nitrogens is 1. The van der Waals surface area contributed by atoms with E-state index in [0.717, 1.165) is 56.9 Å². The molecule has 2 atom stereocenters. The van der Waals surface area contributed by atoms with E-state index < -0.39 is 0 Å². The zero-order valence-electron chi connectivity index (χ0n) is 17.7. The lowest BCUT2D eigenvalue weighted by Crippen LogP contribution is -2.46. The standard InChI is InChI=1S/C24H30N2O.CH4O/c1-2-3-10-20-17-19(18-8-5-4-6-9-18)14-16-26(20)24(27)22-11-7-12-23-21(22)13-15-25-23;1-2/h4-6,8-9,11,13,15,19-20,25H,2-3,7,10,12,14,16-17H2,1H3;2H,1H3. The molecule has 2 unspecified atom stereocenters. The van der Waals surface area contributed by atoms with E-state index >= 15 is 0 Å². The van der Waals surface area contributed by atoms with Crippen LogP contribution in [-0.2, 0) is 11.2 Å². The van der Waals surface area contributed by atoms with Crippen molar-refractivity contribution < 1.29 is 9.90 Å². The number of allylic oxidation sites excluding steroid dienone is 1. The molecule has 0 radical (unpaired) electrons. The molecule has 1 aromatic carbocycles. The van der Waals surface area contributed by atoms with Crippen molar-refractivity contribution in [1.29, 1.82) is 0 Å². The van der Waals surface area contributed by atoms with E-state index in [0.29, 0.717) is 12.0 Å². The van der Waals surface area contributed by atoms with Gasteiger partial charge in [-0.2, -0.15) is 0 Å². The van der Waals surface area contributed by atoms with Crippen molar-refractivity contribution in [3.8, 4) is 0 Å². The van der Waals surface area contributed by atoms with Crippen LogP contribution in [0.1, 0.15) is 68.2 Å². The van der Waals surface area contributed by atoms with Crippen LogP contribution in [0.25, 0.3) is 5.57 Å². The molecule has 4 rings (SSSR count). The number of H-pyrrole nitrogens is 1. The van der Waals surface area contributed by atoms with Gasteiger partial charge >= 0.3 is 0 Å². The molecular formula is C25H34N2O2. The second-order valence-corrected chi connectivity index (χ2v) is 7.95. The fraction of sp³-hybridized carbons (Fsp3) is 0.480. The van der Waals surface area contributed by atoms with Gasteiger partial charge in [-0.15, -0.1) is 0 Å². The van der Waals surface area contributed by atoms with Gasteiger partial charge in [0.05, 0.1) is 0 Å². The summed E-state index contributed by atoms with van der Waals surface area (Å²) in [6, 6.07) is 13.3. The number of aromatic amines is 1. The van der Waals surface area contributed by atoms with Gasteiger partial charge in [0.2, 0.25) is 0 Å². The Bertz CT molecular complexity index is 809. The van der Waals surface area contributed by atoms with Gasteiger partial charge in [0.15, 0.2) is 0 Å². The first-order valence-corrected chi connectivity index (χ1v) is 10.9. The lowest BCUT2D eigenvalue weighted by Gasteiger charge is -2.40. The molecule has 29 heavy (non-hydrogen) atoms. The van der Waals surface area contributed by atoms with Crippen LogP contribution in [0.4, 0.5) is 0 Å². The zero-order chi connectivity index (χ0) is 20.6. The third-order valence-electron chi connectivity index (χ3n) is 6.23. The molecule has 2 N–H and O–H groups in total. The predicted molar refractivity (Wildman–Crippen MR) is 119 cm³/mol. The first-order chi connectivity index (χ1) is 14.3. The Morgan fingerprint density at radius 1 is 1.21 bits per heavy atom. The van der Waals surface area contributed by atoms with E-state index in [1.54, 1.807) is 0 Å². The number of likely N-dealkylation sites (tertiary alicyclic amines) is 1. The monoisotopic (exact) mass is 394 g/mol. The number of aliphatic hydroxyl groups is 1. The van der Waals surface area contributed by atoms with Crippen LogP contribution in [0.5, 0.6) is 0 Å².